The van der Waals surface area contributed by atoms with E-state index in [-0.39, 0.29) is 23.8 Å². The van der Waals surface area contributed by atoms with Gasteiger partial charge in [-0.2, -0.15) is 0 Å². The van der Waals surface area contributed by atoms with Crippen LogP contribution in [0.5, 0.6) is 5.75 Å². The fourth-order valence-corrected chi connectivity index (χ4v) is 3.43. The number of amides is 1. The molecule has 0 aliphatic rings. The quantitative estimate of drug-likeness (QED) is 0.729. The fourth-order valence-electron chi connectivity index (χ4n) is 2.39. The monoisotopic (exact) mass is 376 g/mol. The maximum absolute atomic E-state index is 12.3. The van der Waals surface area contributed by atoms with Crippen molar-refractivity contribution in [3.63, 3.8) is 0 Å². The van der Waals surface area contributed by atoms with Crippen LogP contribution < -0.4 is 9.46 Å². The van der Waals surface area contributed by atoms with E-state index in [9.17, 15) is 13.2 Å². The average molecular weight is 376 g/mol. The van der Waals surface area contributed by atoms with Crippen molar-refractivity contribution in [3.05, 3.63) is 60.2 Å². The zero-order valence-electron chi connectivity index (χ0n) is 15.0. The van der Waals surface area contributed by atoms with Crippen molar-refractivity contribution < 1.29 is 17.9 Å². The van der Waals surface area contributed by atoms with Gasteiger partial charge < -0.3 is 9.64 Å². The summed E-state index contributed by atoms with van der Waals surface area (Å²) in [6.45, 7) is 2.92. The van der Waals surface area contributed by atoms with Gasteiger partial charge in [0.15, 0.2) is 0 Å². The number of carbonyl (C=O) groups is 1. The van der Waals surface area contributed by atoms with Gasteiger partial charge in [0.2, 0.25) is 15.9 Å². The van der Waals surface area contributed by atoms with Crippen LogP contribution in [0, 0.1) is 0 Å². The van der Waals surface area contributed by atoms with Crippen molar-refractivity contribution in [2.45, 2.75) is 24.8 Å². The number of hydrogen-bond donors (Lipinski definition) is 1. The normalized spacial score (nSPS) is 11.2. The Morgan fingerprint density at radius 1 is 1.08 bits per heavy atom. The number of hydrogen-bond acceptors (Lipinski definition) is 4. The second-order valence-electron chi connectivity index (χ2n) is 5.79. The van der Waals surface area contributed by atoms with Gasteiger partial charge in [-0.05, 0) is 36.8 Å². The summed E-state index contributed by atoms with van der Waals surface area (Å²) >= 11 is 0. The molecule has 2 aromatic carbocycles. The van der Waals surface area contributed by atoms with Gasteiger partial charge in [0.25, 0.3) is 0 Å². The van der Waals surface area contributed by atoms with Crippen LogP contribution in [0.3, 0.4) is 0 Å². The van der Waals surface area contributed by atoms with E-state index < -0.39 is 10.0 Å². The molecule has 6 nitrogen and oxygen atoms in total. The number of rotatable bonds is 9. The summed E-state index contributed by atoms with van der Waals surface area (Å²) < 4.78 is 32.3. The van der Waals surface area contributed by atoms with Gasteiger partial charge in [0.05, 0.1) is 11.5 Å². The largest absolute Gasteiger partial charge is 0.494 e. The van der Waals surface area contributed by atoms with Crippen LogP contribution >= 0.6 is 0 Å². The van der Waals surface area contributed by atoms with E-state index in [1.54, 1.807) is 24.1 Å². The van der Waals surface area contributed by atoms with E-state index in [4.69, 9.17) is 4.74 Å². The van der Waals surface area contributed by atoms with E-state index >= 15 is 0 Å². The number of sulfonamides is 1. The molecule has 1 N–H and O–H groups in total. The maximum atomic E-state index is 12.3. The molecule has 0 atom stereocenters. The molecule has 26 heavy (non-hydrogen) atoms. The molecule has 0 unspecified atom stereocenters. The topological polar surface area (TPSA) is 75.7 Å². The Bertz CT molecular complexity index is 805. The first-order valence-corrected chi connectivity index (χ1v) is 9.91. The lowest BCUT2D eigenvalue weighted by atomic mass is 10.2. The highest BCUT2D eigenvalue weighted by Crippen LogP contribution is 2.15. The summed E-state index contributed by atoms with van der Waals surface area (Å²) in [5, 5.41) is 0. The second kappa shape index (κ2) is 9.35. The van der Waals surface area contributed by atoms with Crippen LogP contribution in [-0.2, 0) is 21.4 Å². The average Bonchev–Trinajstić information content (AvgIpc) is 2.63. The number of nitrogens with zero attached hydrogens (tertiary/aromatic N) is 1. The minimum absolute atomic E-state index is 0.0491. The molecule has 0 heterocycles. The lowest BCUT2D eigenvalue weighted by Crippen LogP contribution is -2.31. The molecule has 0 spiro atoms. The molecule has 0 radical (unpaired) electrons. The van der Waals surface area contributed by atoms with Crippen LogP contribution in [0.15, 0.2) is 59.5 Å². The van der Waals surface area contributed by atoms with Gasteiger partial charge in [-0.25, -0.2) is 13.1 Å². The standard InChI is InChI=1S/C19H24N2O4S/c1-3-25-17-9-11-18(12-10-17)26(23,24)20-14-13-19(22)21(2)15-16-7-5-4-6-8-16/h4-12,20H,3,13-15H2,1-2H3. The minimum atomic E-state index is -3.65. The Labute approximate surface area is 154 Å². The van der Waals surface area contributed by atoms with Crippen LogP contribution in [0.4, 0.5) is 0 Å². The summed E-state index contributed by atoms with van der Waals surface area (Å²) in [7, 11) is -1.94. The third kappa shape index (κ3) is 5.86. The predicted octanol–water partition coefficient (Wildman–Crippen LogP) is 2.41. The van der Waals surface area contributed by atoms with E-state index in [1.807, 2.05) is 37.3 Å². The molecule has 0 saturated heterocycles. The zero-order chi connectivity index (χ0) is 19.0. The number of nitrogens with one attached hydrogen (secondary N) is 1. The third-order valence-corrected chi connectivity index (χ3v) is 5.24. The van der Waals surface area contributed by atoms with Gasteiger partial charge in [0.1, 0.15) is 5.75 Å². The van der Waals surface area contributed by atoms with Gasteiger partial charge in [-0.1, -0.05) is 30.3 Å². The van der Waals surface area contributed by atoms with Crippen molar-refractivity contribution in [2.75, 3.05) is 20.2 Å². The van der Waals surface area contributed by atoms with Crippen molar-refractivity contribution in [3.8, 4) is 5.75 Å². The molecule has 7 heteroatoms. The summed E-state index contributed by atoms with van der Waals surface area (Å²) in [6, 6.07) is 15.8. The molecule has 0 aliphatic heterocycles. The molecule has 2 aromatic rings. The molecule has 140 valence electrons. The molecule has 0 bridgehead atoms. The molecule has 2 rings (SSSR count). The molecular formula is C19H24N2O4S. The SMILES string of the molecule is CCOc1ccc(S(=O)(=O)NCCC(=O)N(C)Cc2ccccc2)cc1. The summed E-state index contributed by atoms with van der Waals surface area (Å²) in [5.41, 5.74) is 1.03. The van der Waals surface area contributed by atoms with Gasteiger partial charge in [0, 0.05) is 26.6 Å². The summed E-state index contributed by atoms with van der Waals surface area (Å²) in [5.74, 6) is 0.493. The van der Waals surface area contributed by atoms with Crippen molar-refractivity contribution in [2.24, 2.45) is 0 Å². The highest BCUT2D eigenvalue weighted by Gasteiger charge is 2.15. The van der Waals surface area contributed by atoms with Crippen molar-refractivity contribution >= 4 is 15.9 Å². The van der Waals surface area contributed by atoms with Crippen LogP contribution in [0.1, 0.15) is 18.9 Å². The van der Waals surface area contributed by atoms with E-state index in [0.717, 1.165) is 5.56 Å². The van der Waals surface area contributed by atoms with E-state index in [1.165, 1.54) is 12.1 Å². The zero-order valence-corrected chi connectivity index (χ0v) is 15.8. The molecule has 1 amide bonds. The van der Waals surface area contributed by atoms with Crippen LogP contribution in [0.2, 0.25) is 0 Å². The Morgan fingerprint density at radius 3 is 2.35 bits per heavy atom. The van der Waals surface area contributed by atoms with Gasteiger partial charge >= 0.3 is 0 Å². The number of ether oxygens (including phenoxy) is 1. The summed E-state index contributed by atoms with van der Waals surface area (Å²) in [4.78, 5) is 13.9. The molecule has 0 fully saturated rings. The first-order valence-electron chi connectivity index (χ1n) is 8.43. The lowest BCUT2D eigenvalue weighted by Gasteiger charge is -2.17. The Balaban J connectivity index is 1.84. The number of benzene rings is 2. The fraction of sp³-hybridized carbons (Fsp3) is 0.316. The van der Waals surface area contributed by atoms with E-state index in [2.05, 4.69) is 4.72 Å². The molecule has 0 aromatic heterocycles. The highest BCUT2D eigenvalue weighted by atomic mass is 32.2. The Kier molecular flexibility index (Phi) is 7.17. The van der Waals surface area contributed by atoms with Crippen LogP contribution in [0.25, 0.3) is 0 Å². The molecule has 0 saturated carbocycles. The Hall–Kier alpha value is -2.38. The second-order valence-corrected chi connectivity index (χ2v) is 7.55. The van der Waals surface area contributed by atoms with Gasteiger partial charge in [-0.15, -0.1) is 0 Å². The maximum Gasteiger partial charge on any atom is 0.240 e. The molecule has 0 aliphatic carbocycles. The first-order chi connectivity index (χ1) is 12.4. The smallest absolute Gasteiger partial charge is 0.240 e. The van der Waals surface area contributed by atoms with Gasteiger partial charge in [-0.3, -0.25) is 4.79 Å². The lowest BCUT2D eigenvalue weighted by molar-refractivity contribution is -0.130. The first kappa shape index (κ1) is 19.9. The minimum Gasteiger partial charge on any atom is -0.494 e. The van der Waals surface area contributed by atoms with Crippen molar-refractivity contribution in [1.29, 1.82) is 0 Å². The third-order valence-electron chi connectivity index (χ3n) is 3.76. The summed E-state index contributed by atoms with van der Waals surface area (Å²) in [6.07, 6.45) is 0.0968. The highest BCUT2D eigenvalue weighted by molar-refractivity contribution is 7.89. The van der Waals surface area contributed by atoms with Crippen LogP contribution in [-0.4, -0.2) is 39.4 Å². The Morgan fingerprint density at radius 2 is 1.73 bits per heavy atom. The molecular weight excluding hydrogens is 352 g/mol. The van der Waals surface area contributed by atoms with E-state index in [0.29, 0.717) is 18.9 Å². The van der Waals surface area contributed by atoms with Crippen molar-refractivity contribution in [1.82, 2.24) is 9.62 Å². The number of carbonyl (C=O) groups excluding carboxylic acids is 1. The predicted molar refractivity (Wildman–Crippen MR) is 100 cm³/mol.